The van der Waals surface area contributed by atoms with Gasteiger partial charge in [0.15, 0.2) is 0 Å². The Balaban J connectivity index is 1.97. The van der Waals surface area contributed by atoms with E-state index in [1.54, 1.807) is 6.08 Å². The Kier molecular flexibility index (Phi) is 5.63. The van der Waals surface area contributed by atoms with Crippen molar-refractivity contribution >= 4 is 12.0 Å². The molecule has 0 spiro atoms. The smallest absolute Gasteiger partial charge is 0.244 e. The maximum Gasteiger partial charge on any atom is 0.244 e. The molecule has 0 aromatic carbocycles. The van der Waals surface area contributed by atoms with Crippen molar-refractivity contribution < 1.29 is 4.79 Å². The van der Waals surface area contributed by atoms with Crippen molar-refractivity contribution in [3.05, 3.63) is 23.0 Å². The summed E-state index contributed by atoms with van der Waals surface area (Å²) in [5.74, 6) is -0.0283. The molecule has 1 aromatic rings. The van der Waals surface area contributed by atoms with Crippen LogP contribution < -0.4 is 5.32 Å². The van der Waals surface area contributed by atoms with Gasteiger partial charge in [0.1, 0.15) is 0 Å². The quantitative estimate of drug-likeness (QED) is 0.848. The van der Waals surface area contributed by atoms with E-state index in [1.165, 1.54) is 19.3 Å². The van der Waals surface area contributed by atoms with Gasteiger partial charge in [0.05, 0.1) is 5.69 Å². The van der Waals surface area contributed by atoms with E-state index < -0.39 is 0 Å². The van der Waals surface area contributed by atoms with Crippen LogP contribution in [-0.2, 0) is 11.8 Å². The molecule has 5 nitrogen and oxygen atoms in total. The van der Waals surface area contributed by atoms with E-state index in [-0.39, 0.29) is 11.4 Å². The molecule has 128 valence electrons. The highest BCUT2D eigenvalue weighted by atomic mass is 16.1. The maximum absolute atomic E-state index is 12.2. The average molecular weight is 318 g/mol. The number of hydrogen-bond donors (Lipinski definition) is 1. The summed E-state index contributed by atoms with van der Waals surface area (Å²) in [5, 5.41) is 7.47. The lowest BCUT2D eigenvalue weighted by atomic mass is 9.80. The number of hydrogen-bond acceptors (Lipinski definition) is 3. The second-order valence-corrected chi connectivity index (χ2v) is 6.94. The Morgan fingerprint density at radius 1 is 1.30 bits per heavy atom. The fourth-order valence-corrected chi connectivity index (χ4v) is 3.49. The zero-order chi connectivity index (χ0) is 17.0. The lowest BCUT2D eigenvalue weighted by Crippen LogP contribution is -2.53. The SMILES string of the molecule is Cc1nn(C)c(C)c1C=CC(=O)NCC1(N(C)C)CCCCC1. The maximum atomic E-state index is 12.2. The summed E-state index contributed by atoms with van der Waals surface area (Å²) < 4.78 is 1.84. The van der Waals surface area contributed by atoms with E-state index >= 15 is 0 Å². The van der Waals surface area contributed by atoms with Crippen molar-refractivity contribution in [2.24, 2.45) is 7.05 Å². The molecular formula is C18H30N4O. The minimum absolute atomic E-state index is 0.0283. The molecular weight excluding hydrogens is 288 g/mol. The van der Waals surface area contributed by atoms with E-state index in [4.69, 9.17) is 0 Å². The van der Waals surface area contributed by atoms with Crippen molar-refractivity contribution in [1.29, 1.82) is 0 Å². The number of carbonyl (C=O) groups is 1. The highest BCUT2D eigenvalue weighted by Gasteiger charge is 2.34. The molecule has 0 unspecified atom stereocenters. The number of rotatable bonds is 5. The van der Waals surface area contributed by atoms with Crippen LogP contribution in [0.5, 0.6) is 0 Å². The molecule has 0 radical (unpaired) electrons. The van der Waals surface area contributed by atoms with Crippen molar-refractivity contribution in [3.63, 3.8) is 0 Å². The monoisotopic (exact) mass is 318 g/mol. The second kappa shape index (κ2) is 7.30. The minimum Gasteiger partial charge on any atom is -0.351 e. The fraction of sp³-hybridized carbons (Fsp3) is 0.667. The van der Waals surface area contributed by atoms with Crippen LogP contribution in [0.2, 0.25) is 0 Å². The Labute approximate surface area is 139 Å². The van der Waals surface area contributed by atoms with Crippen LogP contribution in [0.1, 0.15) is 49.1 Å². The third kappa shape index (κ3) is 4.02. The van der Waals surface area contributed by atoms with Gasteiger partial charge in [-0.1, -0.05) is 19.3 Å². The highest BCUT2D eigenvalue weighted by molar-refractivity contribution is 5.92. The van der Waals surface area contributed by atoms with Gasteiger partial charge in [-0.05, 0) is 46.9 Å². The van der Waals surface area contributed by atoms with Gasteiger partial charge in [0, 0.05) is 36.5 Å². The second-order valence-electron chi connectivity index (χ2n) is 6.94. The van der Waals surface area contributed by atoms with Gasteiger partial charge in [0.2, 0.25) is 5.91 Å². The van der Waals surface area contributed by atoms with Gasteiger partial charge in [-0.3, -0.25) is 9.48 Å². The Morgan fingerprint density at radius 2 is 1.96 bits per heavy atom. The third-order valence-electron chi connectivity index (χ3n) is 5.29. The van der Waals surface area contributed by atoms with Crippen LogP contribution in [0.25, 0.3) is 6.08 Å². The molecule has 1 aliphatic rings. The minimum atomic E-state index is -0.0283. The van der Waals surface area contributed by atoms with Crippen LogP contribution in [0.4, 0.5) is 0 Å². The molecule has 0 bridgehead atoms. The number of likely N-dealkylation sites (N-methyl/N-ethyl adjacent to an activating group) is 1. The number of nitrogens with zero attached hydrogens (tertiary/aromatic N) is 3. The van der Waals surface area contributed by atoms with Gasteiger partial charge < -0.3 is 10.2 Å². The molecule has 0 saturated heterocycles. The molecule has 1 amide bonds. The predicted molar refractivity (Wildman–Crippen MR) is 94.2 cm³/mol. The summed E-state index contributed by atoms with van der Waals surface area (Å²) in [5.41, 5.74) is 3.17. The van der Waals surface area contributed by atoms with Crippen LogP contribution in [0.3, 0.4) is 0 Å². The normalized spacial score (nSPS) is 17.8. The summed E-state index contributed by atoms with van der Waals surface area (Å²) in [6.45, 7) is 4.70. The van der Waals surface area contributed by atoms with Crippen LogP contribution in [-0.4, -0.2) is 46.8 Å². The summed E-state index contributed by atoms with van der Waals surface area (Å²) >= 11 is 0. The van der Waals surface area contributed by atoms with Crippen LogP contribution >= 0.6 is 0 Å². The number of aryl methyl sites for hydroxylation is 2. The molecule has 1 heterocycles. The number of carbonyl (C=O) groups excluding carboxylic acids is 1. The first-order valence-electron chi connectivity index (χ1n) is 8.49. The Bertz CT molecular complexity index is 580. The molecule has 5 heteroatoms. The van der Waals surface area contributed by atoms with Crippen LogP contribution in [0, 0.1) is 13.8 Å². The van der Waals surface area contributed by atoms with Gasteiger partial charge >= 0.3 is 0 Å². The van der Waals surface area contributed by atoms with Crippen molar-refractivity contribution in [1.82, 2.24) is 20.0 Å². The van der Waals surface area contributed by atoms with Gasteiger partial charge in [-0.15, -0.1) is 0 Å². The topological polar surface area (TPSA) is 50.2 Å². The summed E-state index contributed by atoms with van der Waals surface area (Å²) in [6.07, 6.45) is 9.62. The Hall–Kier alpha value is -1.62. The van der Waals surface area contributed by atoms with Gasteiger partial charge in [-0.25, -0.2) is 0 Å². The molecule has 2 rings (SSSR count). The Morgan fingerprint density at radius 3 is 2.48 bits per heavy atom. The zero-order valence-corrected chi connectivity index (χ0v) is 15.1. The molecule has 1 fully saturated rings. The molecule has 0 atom stereocenters. The van der Waals surface area contributed by atoms with E-state index in [0.717, 1.165) is 29.8 Å². The van der Waals surface area contributed by atoms with Crippen molar-refractivity contribution in [2.75, 3.05) is 20.6 Å². The number of nitrogens with one attached hydrogen (secondary N) is 1. The van der Waals surface area contributed by atoms with E-state index in [9.17, 15) is 4.79 Å². The first kappa shape index (κ1) is 17.7. The first-order chi connectivity index (χ1) is 10.9. The molecule has 1 aliphatic carbocycles. The zero-order valence-electron chi connectivity index (χ0n) is 15.1. The van der Waals surface area contributed by atoms with Gasteiger partial charge in [-0.2, -0.15) is 5.10 Å². The number of aromatic nitrogens is 2. The highest BCUT2D eigenvalue weighted by Crippen LogP contribution is 2.31. The van der Waals surface area contributed by atoms with E-state index in [1.807, 2.05) is 31.7 Å². The van der Waals surface area contributed by atoms with Crippen molar-refractivity contribution in [2.45, 2.75) is 51.5 Å². The average Bonchev–Trinajstić information content (AvgIpc) is 2.77. The number of amides is 1. The molecule has 1 aromatic heterocycles. The summed E-state index contributed by atoms with van der Waals surface area (Å²) in [6, 6.07) is 0. The predicted octanol–water partition coefficient (Wildman–Crippen LogP) is 2.43. The lowest BCUT2D eigenvalue weighted by Gasteiger charge is -2.43. The summed E-state index contributed by atoms with van der Waals surface area (Å²) in [7, 11) is 6.16. The summed E-state index contributed by atoms with van der Waals surface area (Å²) in [4.78, 5) is 14.5. The standard InChI is InChI=1S/C18H30N4O/c1-14-16(15(2)22(5)20-14)9-10-17(23)19-13-18(21(3)4)11-7-6-8-12-18/h9-10H,6-8,11-13H2,1-5H3,(H,19,23). The van der Waals surface area contributed by atoms with Gasteiger partial charge in [0.25, 0.3) is 0 Å². The van der Waals surface area contributed by atoms with Crippen LogP contribution in [0.15, 0.2) is 6.08 Å². The van der Waals surface area contributed by atoms with E-state index in [2.05, 4.69) is 29.4 Å². The first-order valence-corrected chi connectivity index (χ1v) is 8.49. The molecule has 1 saturated carbocycles. The molecule has 1 N–H and O–H groups in total. The third-order valence-corrected chi connectivity index (χ3v) is 5.29. The largest absolute Gasteiger partial charge is 0.351 e. The molecule has 23 heavy (non-hydrogen) atoms. The molecule has 0 aliphatic heterocycles. The lowest BCUT2D eigenvalue weighted by molar-refractivity contribution is -0.117. The fourth-order valence-electron chi connectivity index (χ4n) is 3.49. The van der Waals surface area contributed by atoms with Crippen molar-refractivity contribution in [3.8, 4) is 0 Å². The van der Waals surface area contributed by atoms with E-state index in [0.29, 0.717) is 6.54 Å².